The highest BCUT2D eigenvalue weighted by Crippen LogP contribution is 2.23. The van der Waals surface area contributed by atoms with Crippen molar-refractivity contribution in [3.63, 3.8) is 0 Å². The fourth-order valence-electron chi connectivity index (χ4n) is 1.94. The lowest BCUT2D eigenvalue weighted by atomic mass is 10.2. The highest BCUT2D eigenvalue weighted by atomic mass is 32.2. The minimum absolute atomic E-state index is 0.0736. The van der Waals surface area contributed by atoms with Gasteiger partial charge in [0, 0.05) is 17.3 Å². The number of anilines is 1. The van der Waals surface area contributed by atoms with Crippen LogP contribution in [0.25, 0.3) is 0 Å². The fourth-order valence-corrected chi connectivity index (χ4v) is 3.58. The van der Waals surface area contributed by atoms with Gasteiger partial charge in [-0.15, -0.1) is 21.5 Å². The molecule has 2 aromatic rings. The van der Waals surface area contributed by atoms with Crippen molar-refractivity contribution in [2.45, 2.75) is 52.2 Å². The molecule has 8 heteroatoms. The van der Waals surface area contributed by atoms with Crippen LogP contribution in [0.1, 0.15) is 43.1 Å². The maximum absolute atomic E-state index is 12.0. The fraction of sp³-hybridized carbons (Fsp3) is 0.571. The predicted octanol–water partition coefficient (Wildman–Crippen LogP) is 3.23. The molecule has 2 rings (SSSR count). The molecule has 2 aromatic heterocycles. The molecular formula is C14H21N5OS2. The topological polar surface area (TPSA) is 72.7 Å². The van der Waals surface area contributed by atoms with Crippen LogP contribution in [0.2, 0.25) is 0 Å². The predicted molar refractivity (Wildman–Crippen MR) is 90.7 cm³/mol. The van der Waals surface area contributed by atoms with Crippen molar-refractivity contribution >= 4 is 34.1 Å². The monoisotopic (exact) mass is 339 g/mol. The van der Waals surface area contributed by atoms with E-state index in [9.17, 15) is 4.79 Å². The maximum atomic E-state index is 12.0. The van der Waals surface area contributed by atoms with Gasteiger partial charge >= 0.3 is 0 Å². The average molecular weight is 339 g/mol. The Morgan fingerprint density at radius 3 is 2.64 bits per heavy atom. The summed E-state index contributed by atoms with van der Waals surface area (Å²) in [4.78, 5) is 17.5. The molecule has 0 aliphatic carbocycles. The van der Waals surface area contributed by atoms with Crippen molar-refractivity contribution < 1.29 is 4.79 Å². The number of hydrogen-bond donors (Lipinski definition) is 1. The van der Waals surface area contributed by atoms with Gasteiger partial charge in [-0.1, -0.05) is 25.6 Å². The molecule has 0 spiro atoms. The summed E-state index contributed by atoms with van der Waals surface area (Å²) in [5.41, 5.74) is 0.959. The Kier molecular flexibility index (Phi) is 5.57. The number of rotatable bonds is 6. The number of carbonyl (C=O) groups excluding carboxylic acids is 1. The Hall–Kier alpha value is -1.41. The molecular weight excluding hydrogens is 318 g/mol. The molecule has 0 fully saturated rings. The van der Waals surface area contributed by atoms with E-state index < -0.39 is 0 Å². The molecule has 0 radical (unpaired) electrons. The zero-order chi connectivity index (χ0) is 16.3. The van der Waals surface area contributed by atoms with E-state index in [0.717, 1.165) is 28.1 Å². The van der Waals surface area contributed by atoms with Crippen molar-refractivity contribution in [2.24, 2.45) is 0 Å². The minimum atomic E-state index is -0.0736. The zero-order valence-corrected chi connectivity index (χ0v) is 15.1. The summed E-state index contributed by atoms with van der Waals surface area (Å²) >= 11 is 2.90. The first-order chi connectivity index (χ1) is 10.4. The van der Waals surface area contributed by atoms with Crippen LogP contribution in [0.5, 0.6) is 0 Å². The number of thiazole rings is 1. The Labute approximate surface area is 138 Å². The van der Waals surface area contributed by atoms with Gasteiger partial charge in [-0.05, 0) is 20.8 Å². The quantitative estimate of drug-likeness (QED) is 0.818. The van der Waals surface area contributed by atoms with Crippen LogP contribution in [0, 0.1) is 13.8 Å². The van der Waals surface area contributed by atoms with Gasteiger partial charge in [0.1, 0.15) is 5.82 Å². The third-order valence-corrected chi connectivity index (χ3v) is 5.14. The summed E-state index contributed by atoms with van der Waals surface area (Å²) in [5, 5.41) is 12.7. The standard InChI is InChI=1S/C14H21N5OS2/c1-6-19-12(8(2)3)17-18-14(19)21-7-11(20)16-13-15-9(4)10(5)22-13/h8H,6-7H2,1-5H3,(H,15,16,20). The number of thioether (sulfide) groups is 1. The molecule has 1 N–H and O–H groups in total. The molecule has 120 valence electrons. The summed E-state index contributed by atoms with van der Waals surface area (Å²) in [5.74, 6) is 1.50. The van der Waals surface area contributed by atoms with Crippen LogP contribution < -0.4 is 5.32 Å². The van der Waals surface area contributed by atoms with Crippen molar-refractivity contribution in [3.05, 3.63) is 16.4 Å². The normalized spacial score (nSPS) is 11.2. The van der Waals surface area contributed by atoms with E-state index in [4.69, 9.17) is 0 Å². The Morgan fingerprint density at radius 1 is 1.36 bits per heavy atom. The molecule has 22 heavy (non-hydrogen) atoms. The molecule has 0 aliphatic heterocycles. The zero-order valence-electron chi connectivity index (χ0n) is 13.5. The lowest BCUT2D eigenvalue weighted by molar-refractivity contribution is -0.113. The maximum Gasteiger partial charge on any atom is 0.236 e. The van der Waals surface area contributed by atoms with Crippen molar-refractivity contribution in [2.75, 3.05) is 11.1 Å². The number of aromatic nitrogens is 4. The third kappa shape index (κ3) is 3.86. The molecule has 0 bridgehead atoms. The van der Waals surface area contributed by atoms with Crippen LogP contribution in [-0.2, 0) is 11.3 Å². The van der Waals surface area contributed by atoms with E-state index in [1.807, 2.05) is 13.8 Å². The SMILES string of the molecule is CCn1c(SCC(=O)Nc2nc(C)c(C)s2)nnc1C(C)C. The van der Waals surface area contributed by atoms with Crippen molar-refractivity contribution in [1.82, 2.24) is 19.7 Å². The van der Waals surface area contributed by atoms with Gasteiger partial charge in [-0.3, -0.25) is 4.79 Å². The highest BCUT2D eigenvalue weighted by Gasteiger charge is 2.15. The van der Waals surface area contributed by atoms with E-state index in [1.54, 1.807) is 0 Å². The Bertz CT molecular complexity index is 643. The number of nitrogens with one attached hydrogen (secondary N) is 1. The van der Waals surface area contributed by atoms with Crippen molar-refractivity contribution in [1.29, 1.82) is 0 Å². The van der Waals surface area contributed by atoms with E-state index in [0.29, 0.717) is 16.8 Å². The number of aryl methyl sites for hydroxylation is 2. The van der Waals surface area contributed by atoms with E-state index in [2.05, 4.69) is 45.8 Å². The molecule has 0 saturated carbocycles. The second-order valence-electron chi connectivity index (χ2n) is 5.24. The molecule has 0 aliphatic rings. The highest BCUT2D eigenvalue weighted by molar-refractivity contribution is 7.99. The van der Waals surface area contributed by atoms with E-state index >= 15 is 0 Å². The lowest BCUT2D eigenvalue weighted by Gasteiger charge is -2.08. The second-order valence-corrected chi connectivity index (χ2v) is 7.38. The molecule has 0 atom stereocenters. The van der Waals surface area contributed by atoms with Crippen LogP contribution in [0.3, 0.4) is 0 Å². The molecule has 0 saturated heterocycles. The summed E-state index contributed by atoms with van der Waals surface area (Å²) < 4.78 is 2.06. The largest absolute Gasteiger partial charge is 0.306 e. The van der Waals surface area contributed by atoms with Gasteiger partial charge in [0.05, 0.1) is 11.4 Å². The minimum Gasteiger partial charge on any atom is -0.306 e. The van der Waals surface area contributed by atoms with Gasteiger partial charge in [-0.25, -0.2) is 4.98 Å². The van der Waals surface area contributed by atoms with Gasteiger partial charge in [0.2, 0.25) is 5.91 Å². The van der Waals surface area contributed by atoms with Crippen LogP contribution in [0.4, 0.5) is 5.13 Å². The van der Waals surface area contributed by atoms with Crippen LogP contribution in [-0.4, -0.2) is 31.4 Å². The smallest absolute Gasteiger partial charge is 0.236 e. The second kappa shape index (κ2) is 7.23. The first kappa shape index (κ1) is 17.0. The first-order valence-electron chi connectivity index (χ1n) is 7.22. The molecule has 0 unspecified atom stereocenters. The first-order valence-corrected chi connectivity index (χ1v) is 9.02. The summed E-state index contributed by atoms with van der Waals surface area (Å²) in [6.07, 6.45) is 0. The third-order valence-electron chi connectivity index (χ3n) is 3.19. The van der Waals surface area contributed by atoms with Gasteiger partial charge in [-0.2, -0.15) is 0 Å². The van der Waals surface area contributed by atoms with Crippen LogP contribution in [0.15, 0.2) is 5.16 Å². The van der Waals surface area contributed by atoms with E-state index in [1.165, 1.54) is 23.1 Å². The number of amides is 1. The molecule has 6 nitrogen and oxygen atoms in total. The summed E-state index contributed by atoms with van der Waals surface area (Å²) in [6.45, 7) is 11.0. The average Bonchev–Trinajstić information content (AvgIpc) is 3.00. The van der Waals surface area contributed by atoms with E-state index in [-0.39, 0.29) is 5.91 Å². The molecule has 0 aromatic carbocycles. The van der Waals surface area contributed by atoms with Gasteiger partial charge in [0.25, 0.3) is 0 Å². The van der Waals surface area contributed by atoms with Gasteiger partial charge in [0.15, 0.2) is 10.3 Å². The number of nitrogens with zero attached hydrogens (tertiary/aromatic N) is 4. The van der Waals surface area contributed by atoms with Crippen molar-refractivity contribution in [3.8, 4) is 0 Å². The van der Waals surface area contributed by atoms with Crippen LogP contribution >= 0.6 is 23.1 Å². The Morgan fingerprint density at radius 2 is 2.09 bits per heavy atom. The molecule has 1 amide bonds. The number of hydrogen-bond acceptors (Lipinski definition) is 6. The number of carbonyl (C=O) groups is 1. The molecule has 2 heterocycles. The summed E-state index contributed by atoms with van der Waals surface area (Å²) in [6, 6.07) is 0. The summed E-state index contributed by atoms with van der Waals surface area (Å²) in [7, 11) is 0. The lowest BCUT2D eigenvalue weighted by Crippen LogP contribution is -2.14. The Balaban J connectivity index is 1.96. The van der Waals surface area contributed by atoms with Gasteiger partial charge < -0.3 is 9.88 Å².